The normalized spacial score (nSPS) is 10.0. The Morgan fingerprint density at radius 3 is 2.79 bits per heavy atom. The molecule has 1 heterocycles. The van der Waals surface area contributed by atoms with Crippen LogP contribution in [0.15, 0.2) is 35.2 Å². The third-order valence-corrected chi connectivity index (χ3v) is 2.79. The summed E-state index contributed by atoms with van der Waals surface area (Å²) < 4.78 is 11.2. The Hall–Kier alpha value is -2.15. The average Bonchev–Trinajstić information content (AvgIpc) is 2.41. The number of carbonyl (C=O) groups is 1. The Morgan fingerprint density at radius 2 is 2.16 bits per heavy atom. The van der Waals surface area contributed by atoms with E-state index >= 15 is 0 Å². The molecule has 0 aliphatic carbocycles. The van der Waals surface area contributed by atoms with Crippen molar-refractivity contribution in [3.8, 4) is 17.4 Å². The molecule has 0 atom stereocenters. The molecule has 0 spiro atoms. The van der Waals surface area contributed by atoms with E-state index in [1.54, 1.807) is 0 Å². The molecule has 98 valence electrons. The summed E-state index contributed by atoms with van der Waals surface area (Å²) in [4.78, 5) is 18.7. The fraction of sp³-hybridized carbons (Fsp3) is 0.0833. The second-order valence-corrected chi connectivity index (χ2v) is 4.30. The van der Waals surface area contributed by atoms with Gasteiger partial charge >= 0.3 is 5.97 Å². The molecule has 0 saturated heterocycles. The summed E-state index contributed by atoms with van der Waals surface area (Å²) in [6.45, 7) is 0. The second-order valence-electron chi connectivity index (χ2n) is 3.45. The van der Waals surface area contributed by atoms with Gasteiger partial charge in [-0.25, -0.2) is 14.8 Å². The van der Waals surface area contributed by atoms with Crippen molar-refractivity contribution in [1.82, 2.24) is 9.97 Å². The Balaban J connectivity index is 2.40. The zero-order chi connectivity index (χ0) is 13.8. The topological polar surface area (TPSA) is 81.5 Å². The van der Waals surface area contributed by atoms with Gasteiger partial charge in [0, 0.05) is 6.20 Å². The molecule has 1 N–H and O–H groups in total. The molecule has 1 aromatic heterocycles. The summed E-state index contributed by atoms with van der Waals surface area (Å²) in [6, 6.07) is 4.33. The fourth-order valence-electron chi connectivity index (χ4n) is 1.37. The molecular weight excluding hydrogens is 316 g/mol. The molecule has 0 saturated carbocycles. The number of halogens is 1. The van der Waals surface area contributed by atoms with Gasteiger partial charge in [-0.1, -0.05) is 0 Å². The van der Waals surface area contributed by atoms with Crippen molar-refractivity contribution in [3.05, 3.63) is 40.8 Å². The van der Waals surface area contributed by atoms with Gasteiger partial charge in [0.2, 0.25) is 5.88 Å². The highest BCUT2D eigenvalue weighted by Crippen LogP contribution is 2.34. The standard InChI is InChI=1S/C12H9BrN2O4/c1-18-9-3-2-7(12(16)17)4-10(9)19-11-8(13)5-14-6-15-11/h2-6H,1H3,(H,16,17). The number of hydrogen-bond donors (Lipinski definition) is 1. The van der Waals surface area contributed by atoms with E-state index in [9.17, 15) is 4.79 Å². The molecule has 0 amide bonds. The molecule has 6 nitrogen and oxygen atoms in total. The van der Waals surface area contributed by atoms with E-state index < -0.39 is 5.97 Å². The van der Waals surface area contributed by atoms with E-state index in [1.807, 2.05) is 0 Å². The maximum absolute atomic E-state index is 10.9. The SMILES string of the molecule is COc1ccc(C(=O)O)cc1Oc1ncncc1Br. The first-order valence-electron chi connectivity index (χ1n) is 5.16. The lowest BCUT2D eigenvalue weighted by Crippen LogP contribution is -1.99. The molecule has 0 unspecified atom stereocenters. The summed E-state index contributed by atoms with van der Waals surface area (Å²) >= 11 is 3.24. The number of aromatic carboxylic acids is 1. The average molecular weight is 325 g/mol. The molecule has 0 aliphatic rings. The molecule has 2 rings (SSSR count). The van der Waals surface area contributed by atoms with Crippen LogP contribution in [-0.4, -0.2) is 28.2 Å². The van der Waals surface area contributed by atoms with Gasteiger partial charge in [-0.15, -0.1) is 0 Å². The summed E-state index contributed by atoms with van der Waals surface area (Å²) in [5.74, 6) is -0.0950. The van der Waals surface area contributed by atoms with Crippen LogP contribution in [-0.2, 0) is 0 Å². The lowest BCUT2D eigenvalue weighted by atomic mass is 10.2. The predicted octanol–water partition coefficient (Wildman–Crippen LogP) is 2.74. The summed E-state index contributed by atoms with van der Waals surface area (Å²) in [7, 11) is 1.47. The molecular formula is C12H9BrN2O4. The number of carboxylic acids is 1. The minimum absolute atomic E-state index is 0.0981. The van der Waals surface area contributed by atoms with Gasteiger partial charge in [0.05, 0.1) is 17.1 Å². The molecule has 0 aliphatic heterocycles. The summed E-state index contributed by atoms with van der Waals surface area (Å²) in [5, 5.41) is 8.96. The zero-order valence-electron chi connectivity index (χ0n) is 9.83. The van der Waals surface area contributed by atoms with Gasteiger partial charge in [-0.05, 0) is 34.1 Å². The largest absolute Gasteiger partial charge is 0.493 e. The van der Waals surface area contributed by atoms with Gasteiger partial charge in [0.15, 0.2) is 11.5 Å². The molecule has 0 radical (unpaired) electrons. The highest BCUT2D eigenvalue weighted by atomic mass is 79.9. The number of aromatic nitrogens is 2. The third-order valence-electron chi connectivity index (χ3n) is 2.25. The van der Waals surface area contributed by atoms with E-state index in [-0.39, 0.29) is 17.2 Å². The van der Waals surface area contributed by atoms with Crippen LogP contribution in [0.1, 0.15) is 10.4 Å². The van der Waals surface area contributed by atoms with Crippen molar-refractivity contribution in [2.24, 2.45) is 0 Å². The lowest BCUT2D eigenvalue weighted by Gasteiger charge is -2.10. The van der Waals surface area contributed by atoms with Crippen molar-refractivity contribution in [1.29, 1.82) is 0 Å². The van der Waals surface area contributed by atoms with Crippen LogP contribution in [0.5, 0.6) is 17.4 Å². The minimum atomic E-state index is -1.05. The number of rotatable bonds is 4. The monoisotopic (exact) mass is 324 g/mol. The van der Waals surface area contributed by atoms with Gasteiger partial charge < -0.3 is 14.6 Å². The van der Waals surface area contributed by atoms with Crippen molar-refractivity contribution in [3.63, 3.8) is 0 Å². The highest BCUT2D eigenvalue weighted by molar-refractivity contribution is 9.10. The Bertz CT molecular complexity index is 618. The van der Waals surface area contributed by atoms with Crippen LogP contribution in [0, 0.1) is 0 Å². The number of nitrogens with zero attached hydrogens (tertiary/aromatic N) is 2. The van der Waals surface area contributed by atoms with Gasteiger partial charge in [-0.3, -0.25) is 0 Å². The van der Waals surface area contributed by atoms with Gasteiger partial charge in [0.1, 0.15) is 6.33 Å². The van der Waals surface area contributed by atoms with Crippen LogP contribution in [0.3, 0.4) is 0 Å². The summed E-state index contributed by atoms with van der Waals surface area (Å²) in [5.41, 5.74) is 0.0981. The van der Waals surface area contributed by atoms with Gasteiger partial charge in [-0.2, -0.15) is 0 Å². The van der Waals surface area contributed by atoms with E-state index in [4.69, 9.17) is 14.6 Å². The quantitative estimate of drug-likeness (QED) is 0.931. The number of carboxylic acid groups (broad SMARTS) is 1. The molecule has 0 bridgehead atoms. The van der Waals surface area contributed by atoms with Crippen LogP contribution in [0.4, 0.5) is 0 Å². The third kappa shape index (κ3) is 3.00. The smallest absolute Gasteiger partial charge is 0.335 e. The molecule has 19 heavy (non-hydrogen) atoms. The lowest BCUT2D eigenvalue weighted by molar-refractivity contribution is 0.0696. The fourth-order valence-corrected chi connectivity index (χ4v) is 1.67. The number of benzene rings is 1. The minimum Gasteiger partial charge on any atom is -0.493 e. The molecule has 1 aromatic carbocycles. The van der Waals surface area contributed by atoms with Crippen LogP contribution >= 0.6 is 15.9 Å². The van der Waals surface area contributed by atoms with E-state index in [0.717, 1.165) is 0 Å². The predicted molar refractivity (Wildman–Crippen MR) is 69.8 cm³/mol. The van der Waals surface area contributed by atoms with Crippen molar-refractivity contribution >= 4 is 21.9 Å². The van der Waals surface area contributed by atoms with E-state index in [2.05, 4.69) is 25.9 Å². The van der Waals surface area contributed by atoms with E-state index in [1.165, 1.54) is 37.8 Å². The van der Waals surface area contributed by atoms with Crippen molar-refractivity contribution in [2.75, 3.05) is 7.11 Å². The highest BCUT2D eigenvalue weighted by Gasteiger charge is 2.13. The first kappa shape index (κ1) is 13.3. The zero-order valence-corrected chi connectivity index (χ0v) is 11.4. The maximum Gasteiger partial charge on any atom is 0.335 e. The first-order valence-corrected chi connectivity index (χ1v) is 5.96. The van der Waals surface area contributed by atoms with Crippen LogP contribution in [0.2, 0.25) is 0 Å². The summed E-state index contributed by atoms with van der Waals surface area (Å²) in [6.07, 6.45) is 2.85. The van der Waals surface area contributed by atoms with Crippen molar-refractivity contribution < 1.29 is 19.4 Å². The maximum atomic E-state index is 10.9. The number of ether oxygens (including phenoxy) is 2. The number of methoxy groups -OCH3 is 1. The Labute approximate surface area is 117 Å². The molecule has 2 aromatic rings. The number of hydrogen-bond acceptors (Lipinski definition) is 5. The molecule has 7 heteroatoms. The van der Waals surface area contributed by atoms with Crippen molar-refractivity contribution in [2.45, 2.75) is 0 Å². The Kier molecular flexibility index (Phi) is 3.96. The second kappa shape index (κ2) is 5.66. The van der Waals surface area contributed by atoms with Crippen LogP contribution < -0.4 is 9.47 Å². The molecule has 0 fully saturated rings. The van der Waals surface area contributed by atoms with E-state index in [0.29, 0.717) is 10.2 Å². The first-order chi connectivity index (χ1) is 9.11. The van der Waals surface area contributed by atoms with Gasteiger partial charge in [0.25, 0.3) is 0 Å². The van der Waals surface area contributed by atoms with Crippen LogP contribution in [0.25, 0.3) is 0 Å². The Morgan fingerprint density at radius 1 is 1.37 bits per heavy atom.